The lowest BCUT2D eigenvalue weighted by molar-refractivity contribution is 0.410. The molecule has 3 heteroatoms. The van der Waals surface area contributed by atoms with Crippen LogP contribution in [0, 0.1) is 6.92 Å². The monoisotopic (exact) mass is 242 g/mol. The molecular weight excluding hydrogens is 224 g/mol. The van der Waals surface area contributed by atoms with Crippen LogP contribution in [0.4, 0.5) is 0 Å². The first-order chi connectivity index (χ1) is 8.84. The fraction of sp³-hybridized carbons (Fsp3) is 0.400. The first-order valence-electron chi connectivity index (χ1n) is 6.54. The van der Waals surface area contributed by atoms with Crippen molar-refractivity contribution in [2.24, 2.45) is 0 Å². The van der Waals surface area contributed by atoms with Crippen molar-refractivity contribution >= 4 is 0 Å². The summed E-state index contributed by atoms with van der Waals surface area (Å²) < 4.78 is 5.51. The fourth-order valence-electron chi connectivity index (χ4n) is 2.63. The average Bonchev–Trinajstić information content (AvgIpc) is 2.86. The van der Waals surface area contributed by atoms with E-state index in [4.69, 9.17) is 4.42 Å². The van der Waals surface area contributed by atoms with Crippen molar-refractivity contribution < 1.29 is 4.42 Å². The molecule has 2 heterocycles. The minimum atomic E-state index is 0.431. The number of aryl methyl sites for hydroxylation is 2. The maximum atomic E-state index is 5.51. The third-order valence-corrected chi connectivity index (χ3v) is 3.73. The van der Waals surface area contributed by atoms with Crippen molar-refractivity contribution in [3.8, 4) is 0 Å². The number of furan rings is 1. The van der Waals surface area contributed by atoms with E-state index in [1.807, 2.05) is 18.7 Å². The Bertz CT molecular complexity index is 533. The lowest BCUT2D eigenvalue weighted by atomic mass is 9.93. The van der Waals surface area contributed by atoms with Gasteiger partial charge in [-0.05, 0) is 43.0 Å². The van der Waals surface area contributed by atoms with Crippen LogP contribution < -0.4 is 5.32 Å². The predicted octanol–water partition coefficient (Wildman–Crippen LogP) is 3.15. The SMILES string of the molecule is Cc1cnccc1CNC1CCCc2occc21. The lowest BCUT2D eigenvalue weighted by Gasteiger charge is -2.23. The summed E-state index contributed by atoms with van der Waals surface area (Å²) in [5.74, 6) is 1.16. The second kappa shape index (κ2) is 4.94. The summed E-state index contributed by atoms with van der Waals surface area (Å²) in [5.41, 5.74) is 3.90. The number of nitrogens with one attached hydrogen (secondary N) is 1. The summed E-state index contributed by atoms with van der Waals surface area (Å²) in [6.45, 7) is 3.00. The molecule has 94 valence electrons. The number of hydrogen-bond donors (Lipinski definition) is 1. The van der Waals surface area contributed by atoms with Crippen LogP contribution in [-0.2, 0) is 13.0 Å². The van der Waals surface area contributed by atoms with Gasteiger partial charge < -0.3 is 9.73 Å². The van der Waals surface area contributed by atoms with Gasteiger partial charge in [-0.3, -0.25) is 4.98 Å². The van der Waals surface area contributed by atoms with Crippen molar-refractivity contribution in [3.63, 3.8) is 0 Å². The normalized spacial score (nSPS) is 18.6. The Balaban J connectivity index is 1.71. The first kappa shape index (κ1) is 11.5. The van der Waals surface area contributed by atoms with E-state index in [2.05, 4.69) is 29.4 Å². The molecule has 1 N–H and O–H groups in total. The Morgan fingerprint density at radius 2 is 2.39 bits per heavy atom. The molecule has 1 aliphatic carbocycles. The third-order valence-electron chi connectivity index (χ3n) is 3.73. The van der Waals surface area contributed by atoms with Crippen LogP contribution in [0.2, 0.25) is 0 Å². The Kier molecular flexibility index (Phi) is 3.15. The maximum Gasteiger partial charge on any atom is 0.108 e. The van der Waals surface area contributed by atoms with Crippen molar-refractivity contribution in [3.05, 3.63) is 53.2 Å². The van der Waals surface area contributed by atoms with Gasteiger partial charge in [-0.1, -0.05) is 0 Å². The fourth-order valence-corrected chi connectivity index (χ4v) is 2.63. The van der Waals surface area contributed by atoms with Crippen molar-refractivity contribution in [2.75, 3.05) is 0 Å². The van der Waals surface area contributed by atoms with Gasteiger partial charge >= 0.3 is 0 Å². The molecule has 1 aliphatic rings. The van der Waals surface area contributed by atoms with Crippen molar-refractivity contribution in [1.82, 2.24) is 10.3 Å². The second-order valence-corrected chi connectivity index (χ2v) is 4.93. The van der Waals surface area contributed by atoms with E-state index >= 15 is 0 Å². The average molecular weight is 242 g/mol. The number of nitrogens with zero attached hydrogens (tertiary/aromatic N) is 1. The van der Waals surface area contributed by atoms with Gasteiger partial charge in [0.05, 0.1) is 6.26 Å². The van der Waals surface area contributed by atoms with E-state index in [-0.39, 0.29) is 0 Å². The topological polar surface area (TPSA) is 38.1 Å². The van der Waals surface area contributed by atoms with Crippen molar-refractivity contribution in [2.45, 2.75) is 38.8 Å². The zero-order valence-electron chi connectivity index (χ0n) is 10.6. The summed E-state index contributed by atoms with van der Waals surface area (Å²) in [5, 5.41) is 3.63. The number of hydrogen-bond acceptors (Lipinski definition) is 3. The molecule has 2 aromatic heterocycles. The van der Waals surface area contributed by atoms with Crippen LogP contribution in [0.3, 0.4) is 0 Å². The molecule has 0 bridgehead atoms. The number of fused-ring (bicyclic) bond motifs is 1. The van der Waals surface area contributed by atoms with Gasteiger partial charge in [0, 0.05) is 37.0 Å². The van der Waals surface area contributed by atoms with E-state index in [9.17, 15) is 0 Å². The highest BCUT2D eigenvalue weighted by Gasteiger charge is 2.21. The van der Waals surface area contributed by atoms with E-state index in [0.29, 0.717) is 6.04 Å². The highest BCUT2D eigenvalue weighted by molar-refractivity contribution is 5.25. The van der Waals surface area contributed by atoms with Gasteiger partial charge in [0.25, 0.3) is 0 Å². The molecule has 0 saturated carbocycles. The zero-order chi connectivity index (χ0) is 12.4. The minimum Gasteiger partial charge on any atom is -0.469 e. The van der Waals surface area contributed by atoms with Crippen LogP contribution >= 0.6 is 0 Å². The second-order valence-electron chi connectivity index (χ2n) is 4.93. The molecule has 0 spiro atoms. The van der Waals surface area contributed by atoms with Gasteiger partial charge in [0.2, 0.25) is 0 Å². The molecule has 0 amide bonds. The lowest BCUT2D eigenvalue weighted by Crippen LogP contribution is -2.24. The molecule has 1 atom stereocenters. The largest absolute Gasteiger partial charge is 0.469 e. The van der Waals surface area contributed by atoms with Crippen molar-refractivity contribution in [1.29, 1.82) is 0 Å². The minimum absolute atomic E-state index is 0.431. The molecule has 2 aromatic rings. The van der Waals surface area contributed by atoms with Crippen LogP contribution in [0.15, 0.2) is 35.2 Å². The Hall–Kier alpha value is -1.61. The Morgan fingerprint density at radius 1 is 1.44 bits per heavy atom. The van der Waals surface area contributed by atoms with Gasteiger partial charge in [-0.2, -0.15) is 0 Å². The molecule has 1 unspecified atom stereocenters. The van der Waals surface area contributed by atoms with Gasteiger partial charge in [-0.25, -0.2) is 0 Å². The molecule has 0 aliphatic heterocycles. The molecule has 0 aromatic carbocycles. The van der Waals surface area contributed by atoms with Crippen LogP contribution in [0.5, 0.6) is 0 Å². The number of aromatic nitrogens is 1. The van der Waals surface area contributed by atoms with Gasteiger partial charge in [0.15, 0.2) is 0 Å². The van der Waals surface area contributed by atoms with E-state index in [0.717, 1.165) is 18.7 Å². The van der Waals surface area contributed by atoms with Gasteiger partial charge in [0.1, 0.15) is 5.76 Å². The molecule has 3 rings (SSSR count). The third kappa shape index (κ3) is 2.18. The van der Waals surface area contributed by atoms with E-state index in [1.54, 1.807) is 0 Å². The number of pyridine rings is 1. The smallest absolute Gasteiger partial charge is 0.108 e. The van der Waals surface area contributed by atoms with E-state index < -0.39 is 0 Å². The van der Waals surface area contributed by atoms with Gasteiger partial charge in [-0.15, -0.1) is 0 Å². The highest BCUT2D eigenvalue weighted by Crippen LogP contribution is 2.30. The summed E-state index contributed by atoms with van der Waals surface area (Å²) in [7, 11) is 0. The van der Waals surface area contributed by atoms with Crippen LogP contribution in [0.1, 0.15) is 41.3 Å². The van der Waals surface area contributed by atoms with E-state index in [1.165, 1.54) is 29.5 Å². The summed E-state index contributed by atoms with van der Waals surface area (Å²) in [6.07, 6.45) is 9.05. The Morgan fingerprint density at radius 3 is 3.28 bits per heavy atom. The van der Waals surface area contributed by atoms with Crippen LogP contribution in [-0.4, -0.2) is 4.98 Å². The zero-order valence-corrected chi connectivity index (χ0v) is 10.6. The predicted molar refractivity (Wildman–Crippen MR) is 70.2 cm³/mol. The Labute approximate surface area is 107 Å². The molecule has 18 heavy (non-hydrogen) atoms. The standard InChI is InChI=1S/C15H18N2O/c1-11-9-16-7-5-12(11)10-17-14-3-2-4-15-13(14)6-8-18-15/h5-9,14,17H,2-4,10H2,1H3. The summed E-state index contributed by atoms with van der Waals surface area (Å²) in [6, 6.07) is 4.62. The molecule has 0 saturated heterocycles. The summed E-state index contributed by atoms with van der Waals surface area (Å²) in [4.78, 5) is 4.12. The molecule has 0 radical (unpaired) electrons. The summed E-state index contributed by atoms with van der Waals surface area (Å²) >= 11 is 0. The molecule has 3 nitrogen and oxygen atoms in total. The molecular formula is C15H18N2O. The molecule has 0 fully saturated rings. The maximum absolute atomic E-state index is 5.51. The quantitative estimate of drug-likeness (QED) is 0.898. The highest BCUT2D eigenvalue weighted by atomic mass is 16.3. The first-order valence-corrected chi connectivity index (χ1v) is 6.54. The number of rotatable bonds is 3. The van der Waals surface area contributed by atoms with Crippen LogP contribution in [0.25, 0.3) is 0 Å².